The van der Waals surface area contributed by atoms with Gasteiger partial charge >= 0.3 is 18.3 Å². The lowest BCUT2D eigenvalue weighted by Crippen LogP contribution is -2.29. The number of carbonyl (C=O) groups is 2. The zero-order valence-electron chi connectivity index (χ0n) is 12.6. The van der Waals surface area contributed by atoms with Gasteiger partial charge in [0.1, 0.15) is 0 Å². The van der Waals surface area contributed by atoms with Gasteiger partial charge in [0.2, 0.25) is 0 Å². The van der Waals surface area contributed by atoms with Crippen molar-refractivity contribution in [1.29, 1.82) is 0 Å². The van der Waals surface area contributed by atoms with Crippen LogP contribution in [0.3, 0.4) is 0 Å². The van der Waals surface area contributed by atoms with Crippen LogP contribution in [-0.4, -0.2) is 22.9 Å². The molecule has 1 aromatic carbocycles. The second-order valence-corrected chi connectivity index (χ2v) is 5.87. The van der Waals surface area contributed by atoms with Gasteiger partial charge in [0, 0.05) is 17.1 Å². The smallest absolute Gasteiger partial charge is 0.298 e. The molecule has 1 aromatic heterocycles. The molecule has 0 atom stereocenters. The summed E-state index contributed by atoms with van der Waals surface area (Å²) in [7, 11) is 0. The lowest BCUT2D eigenvalue weighted by atomic mass is 9.86. The molecule has 0 bridgehead atoms. The van der Waals surface area contributed by atoms with E-state index in [-0.39, 0.29) is 21.8 Å². The maximum absolute atomic E-state index is 13.4. The van der Waals surface area contributed by atoms with E-state index in [2.05, 4.69) is 0 Å². The number of aryl methyl sites for hydroxylation is 2. The topological polar surface area (TPSA) is 39.1 Å². The third-order valence-electron chi connectivity index (χ3n) is 4.31. The fourth-order valence-corrected chi connectivity index (χ4v) is 3.33. The third-order valence-corrected chi connectivity index (χ3v) is 4.31. The Hall–Kier alpha value is -2.32. The van der Waals surface area contributed by atoms with Crippen LogP contribution in [0.2, 0.25) is 0 Å². The standard InChI is InChI=1S/C16H11F6NO2/c17-15(18,19)11-5-8-3-1-2-4-10(8)12-9(7-24)6-23(13(11)12)14(25)16(20,21)22/h5-7H,1-4H2. The molecule has 0 N–H and O–H groups in total. The quantitative estimate of drug-likeness (QED) is 0.551. The summed E-state index contributed by atoms with van der Waals surface area (Å²) in [4.78, 5) is 22.9. The van der Waals surface area contributed by atoms with Gasteiger partial charge in [-0.25, -0.2) is 0 Å². The fourth-order valence-electron chi connectivity index (χ4n) is 3.33. The second kappa shape index (κ2) is 5.60. The van der Waals surface area contributed by atoms with Gasteiger partial charge in [0.15, 0.2) is 6.29 Å². The maximum atomic E-state index is 13.4. The van der Waals surface area contributed by atoms with Crippen molar-refractivity contribution in [2.45, 2.75) is 38.0 Å². The zero-order chi connectivity index (χ0) is 18.6. The van der Waals surface area contributed by atoms with E-state index in [9.17, 15) is 35.9 Å². The average molecular weight is 363 g/mol. The molecule has 1 heterocycles. The predicted octanol–water partition coefficient (Wildman–Crippen LogP) is 4.55. The Labute approximate surface area is 137 Å². The van der Waals surface area contributed by atoms with E-state index in [1.807, 2.05) is 0 Å². The number of rotatable bonds is 1. The lowest BCUT2D eigenvalue weighted by Gasteiger charge is -2.21. The molecule has 2 aromatic rings. The molecule has 0 saturated carbocycles. The van der Waals surface area contributed by atoms with Crippen LogP contribution in [0.1, 0.15) is 44.7 Å². The van der Waals surface area contributed by atoms with Crippen molar-refractivity contribution < 1.29 is 35.9 Å². The Balaban J connectivity index is 2.47. The molecule has 0 radical (unpaired) electrons. The number of hydrogen-bond acceptors (Lipinski definition) is 2. The van der Waals surface area contributed by atoms with E-state index in [1.54, 1.807) is 0 Å². The molecule has 0 spiro atoms. The summed E-state index contributed by atoms with van der Waals surface area (Å²) in [6, 6.07) is 0.797. The van der Waals surface area contributed by atoms with Crippen molar-refractivity contribution in [2.24, 2.45) is 0 Å². The van der Waals surface area contributed by atoms with E-state index in [4.69, 9.17) is 0 Å². The first kappa shape index (κ1) is 17.5. The summed E-state index contributed by atoms with van der Waals surface area (Å²) in [5.41, 5.74) is -1.83. The molecule has 0 aliphatic heterocycles. The van der Waals surface area contributed by atoms with Gasteiger partial charge in [-0.2, -0.15) is 26.3 Å². The molecule has 0 saturated heterocycles. The SMILES string of the molecule is O=Cc1cn(C(=O)C(F)(F)F)c2c(C(F)(F)F)cc3c(c12)CCCC3. The van der Waals surface area contributed by atoms with Gasteiger partial charge < -0.3 is 0 Å². The zero-order valence-corrected chi connectivity index (χ0v) is 12.6. The van der Waals surface area contributed by atoms with Crippen molar-refractivity contribution in [2.75, 3.05) is 0 Å². The monoisotopic (exact) mass is 363 g/mol. The van der Waals surface area contributed by atoms with Gasteiger partial charge in [0.05, 0.1) is 11.1 Å². The first-order valence-corrected chi connectivity index (χ1v) is 7.39. The second-order valence-electron chi connectivity index (χ2n) is 5.87. The van der Waals surface area contributed by atoms with Crippen LogP contribution in [0.4, 0.5) is 26.3 Å². The number of halogens is 6. The number of aldehydes is 1. The highest BCUT2D eigenvalue weighted by Crippen LogP contribution is 2.42. The summed E-state index contributed by atoms with van der Waals surface area (Å²) in [6.07, 6.45) is -7.65. The molecule has 0 fully saturated rings. The Morgan fingerprint density at radius 1 is 1.08 bits per heavy atom. The Kier molecular flexibility index (Phi) is 3.92. The van der Waals surface area contributed by atoms with E-state index < -0.39 is 29.3 Å². The number of hydrogen-bond donors (Lipinski definition) is 0. The number of benzene rings is 1. The largest absolute Gasteiger partial charge is 0.472 e. The minimum Gasteiger partial charge on any atom is -0.298 e. The van der Waals surface area contributed by atoms with Crippen molar-refractivity contribution in [3.8, 4) is 0 Å². The van der Waals surface area contributed by atoms with E-state index in [1.165, 1.54) is 0 Å². The van der Waals surface area contributed by atoms with Crippen LogP contribution in [-0.2, 0) is 19.0 Å². The van der Waals surface area contributed by atoms with Crippen molar-refractivity contribution in [3.63, 3.8) is 0 Å². The van der Waals surface area contributed by atoms with Crippen LogP contribution in [0.25, 0.3) is 10.9 Å². The summed E-state index contributed by atoms with van der Waals surface area (Å²) >= 11 is 0. The van der Waals surface area contributed by atoms with Crippen molar-refractivity contribution in [3.05, 3.63) is 34.5 Å². The van der Waals surface area contributed by atoms with Crippen molar-refractivity contribution in [1.82, 2.24) is 4.57 Å². The molecule has 3 rings (SSSR count). The lowest BCUT2D eigenvalue weighted by molar-refractivity contribution is -0.136. The molecule has 134 valence electrons. The van der Waals surface area contributed by atoms with Crippen LogP contribution >= 0.6 is 0 Å². The van der Waals surface area contributed by atoms with Gasteiger partial charge in [-0.3, -0.25) is 14.2 Å². The highest BCUT2D eigenvalue weighted by Gasteiger charge is 2.43. The van der Waals surface area contributed by atoms with Crippen LogP contribution in [0, 0.1) is 0 Å². The minimum atomic E-state index is -5.37. The number of fused-ring (bicyclic) bond motifs is 3. The number of alkyl halides is 6. The Bertz CT molecular complexity index is 876. The van der Waals surface area contributed by atoms with Crippen LogP contribution in [0.5, 0.6) is 0 Å². The summed E-state index contributed by atoms with van der Waals surface area (Å²) in [5.74, 6) is -2.47. The maximum Gasteiger partial charge on any atom is 0.472 e. The van der Waals surface area contributed by atoms with Crippen LogP contribution in [0.15, 0.2) is 12.3 Å². The number of aromatic nitrogens is 1. The highest BCUT2D eigenvalue weighted by molar-refractivity contribution is 6.06. The molecule has 9 heteroatoms. The highest BCUT2D eigenvalue weighted by atomic mass is 19.4. The van der Waals surface area contributed by atoms with Crippen LogP contribution < -0.4 is 0 Å². The fraction of sp³-hybridized carbons (Fsp3) is 0.375. The summed E-state index contributed by atoms with van der Waals surface area (Å²) in [6.45, 7) is 0. The third kappa shape index (κ3) is 2.81. The predicted molar refractivity (Wildman–Crippen MR) is 75.7 cm³/mol. The minimum absolute atomic E-state index is 0.100. The molecule has 1 aliphatic carbocycles. The van der Waals surface area contributed by atoms with Crippen molar-refractivity contribution >= 4 is 23.1 Å². The molecule has 0 amide bonds. The first-order valence-electron chi connectivity index (χ1n) is 7.39. The summed E-state index contributed by atoms with van der Waals surface area (Å²) < 4.78 is 78.7. The van der Waals surface area contributed by atoms with E-state index in [0.717, 1.165) is 6.07 Å². The molecule has 3 nitrogen and oxygen atoms in total. The summed E-state index contributed by atoms with van der Waals surface area (Å²) in [5, 5.41) is -0.211. The number of carbonyl (C=O) groups excluding carboxylic acids is 2. The van der Waals surface area contributed by atoms with Gasteiger partial charge in [-0.1, -0.05) is 0 Å². The van der Waals surface area contributed by atoms with Gasteiger partial charge in [0.25, 0.3) is 0 Å². The Morgan fingerprint density at radius 2 is 1.72 bits per heavy atom. The molecular weight excluding hydrogens is 352 g/mol. The number of nitrogens with zero attached hydrogens (tertiary/aromatic N) is 1. The first-order chi connectivity index (χ1) is 11.6. The molecule has 1 aliphatic rings. The Morgan fingerprint density at radius 3 is 2.28 bits per heavy atom. The van der Waals surface area contributed by atoms with E-state index >= 15 is 0 Å². The van der Waals surface area contributed by atoms with Gasteiger partial charge in [-0.15, -0.1) is 0 Å². The molecule has 25 heavy (non-hydrogen) atoms. The average Bonchev–Trinajstić information content (AvgIpc) is 2.91. The molecular formula is C16H11F6NO2. The van der Waals surface area contributed by atoms with E-state index in [0.29, 0.717) is 43.0 Å². The molecule has 0 unspecified atom stereocenters. The normalized spacial score (nSPS) is 15.3. The van der Waals surface area contributed by atoms with Gasteiger partial charge in [-0.05, 0) is 42.9 Å².